The first-order valence-corrected chi connectivity index (χ1v) is 21.1. The first-order chi connectivity index (χ1) is 25.2. The molecule has 6 heteroatoms. The van der Waals surface area contributed by atoms with Gasteiger partial charge >= 0.3 is 0 Å². The number of benzene rings is 2. The molecule has 2 aromatic carbocycles. The number of carbonyl (C=O) groups excluding carboxylic acids is 1. The minimum atomic E-state index is -0.165. The van der Waals surface area contributed by atoms with Crippen molar-refractivity contribution in [1.82, 2.24) is 0 Å². The Morgan fingerprint density at radius 1 is 0.471 bits per heavy atom. The Morgan fingerprint density at radius 2 is 0.882 bits per heavy atom. The van der Waals surface area contributed by atoms with Crippen LogP contribution in [-0.2, 0) is 4.74 Å². The predicted molar refractivity (Wildman–Crippen MR) is 203 cm³/mol. The molecular weight excluding hydrogens is 636 g/mol. The lowest BCUT2D eigenvalue weighted by Gasteiger charge is -2.33. The van der Waals surface area contributed by atoms with Crippen molar-refractivity contribution in [2.75, 3.05) is 0 Å². The molecule has 5 aliphatic rings. The van der Waals surface area contributed by atoms with Crippen LogP contribution in [0, 0.1) is 0 Å². The molecule has 2 aromatic rings. The summed E-state index contributed by atoms with van der Waals surface area (Å²) in [5, 5.41) is 0. The van der Waals surface area contributed by atoms with E-state index in [9.17, 15) is 0 Å². The summed E-state index contributed by atoms with van der Waals surface area (Å²) in [7, 11) is 0. The van der Waals surface area contributed by atoms with Gasteiger partial charge in [0.25, 0.3) is 0 Å². The van der Waals surface area contributed by atoms with Crippen LogP contribution in [0.1, 0.15) is 176 Å². The molecule has 5 fully saturated rings. The second-order valence-corrected chi connectivity index (χ2v) is 16.0. The lowest BCUT2D eigenvalue weighted by molar-refractivity contribution is 0.0639. The molecule has 278 valence electrons. The number of carbonyl (C=O) groups is 1. The van der Waals surface area contributed by atoms with E-state index in [1.54, 1.807) is 0 Å². The van der Waals surface area contributed by atoms with Crippen LogP contribution in [-0.4, -0.2) is 36.3 Å². The van der Waals surface area contributed by atoms with E-state index in [0.717, 1.165) is 134 Å². The van der Waals surface area contributed by atoms with Crippen molar-refractivity contribution in [2.45, 2.75) is 191 Å². The van der Waals surface area contributed by atoms with E-state index in [1.165, 1.54) is 32.1 Å². The molecule has 6 nitrogen and oxygen atoms in total. The van der Waals surface area contributed by atoms with Crippen LogP contribution in [0.5, 0.6) is 23.0 Å². The molecule has 0 heterocycles. The van der Waals surface area contributed by atoms with Crippen LogP contribution in [0.2, 0.25) is 0 Å². The first kappa shape index (κ1) is 36.2. The Balaban J connectivity index is 1.37. The summed E-state index contributed by atoms with van der Waals surface area (Å²) in [5.74, 6) is 2.62. The van der Waals surface area contributed by atoms with Crippen molar-refractivity contribution >= 4 is 11.9 Å². The second-order valence-electron chi connectivity index (χ2n) is 16.0. The van der Waals surface area contributed by atoms with Gasteiger partial charge in [-0.05, 0) is 146 Å². The smallest absolute Gasteiger partial charge is 0.231 e. The fourth-order valence-corrected chi connectivity index (χ4v) is 8.95. The Bertz CT molecular complexity index is 1400. The predicted octanol–water partition coefficient (Wildman–Crippen LogP) is 12.1. The summed E-state index contributed by atoms with van der Waals surface area (Å²) in [6.45, 7) is 0. The standard InChI is InChI=1S/C45H62O6/c46-42(40(31-33-19-7-1-8-20-33)47-34-21-9-2-10-22-34)39-32-41(48-35-23-11-3-12-24-35)44(50-37-27-15-5-16-28-37)45(51-38-29-17-6-18-30-38)43(39)49-36-25-13-4-14-26-36/h1,7-8,19-20,31-32,34-38H,2-6,9-18,21-30H2. The van der Waals surface area contributed by atoms with Gasteiger partial charge < -0.3 is 23.7 Å². The van der Waals surface area contributed by atoms with Crippen LogP contribution in [0.15, 0.2) is 42.2 Å². The number of allylic oxidation sites excluding steroid dienone is 1. The van der Waals surface area contributed by atoms with Gasteiger partial charge in [-0.1, -0.05) is 62.4 Å². The van der Waals surface area contributed by atoms with Crippen LogP contribution >= 0.6 is 0 Å². The van der Waals surface area contributed by atoms with Gasteiger partial charge in [-0.2, -0.15) is 0 Å². The van der Waals surface area contributed by atoms with Crippen molar-refractivity contribution in [1.29, 1.82) is 0 Å². The molecule has 0 aromatic heterocycles. The Labute approximate surface area is 307 Å². The fourth-order valence-electron chi connectivity index (χ4n) is 8.95. The molecule has 0 N–H and O–H groups in total. The number of ether oxygens (including phenoxy) is 5. The lowest BCUT2D eigenvalue weighted by atomic mass is 9.96. The van der Waals surface area contributed by atoms with E-state index in [0.29, 0.717) is 34.3 Å². The second kappa shape index (κ2) is 18.6. The molecule has 0 atom stereocenters. The van der Waals surface area contributed by atoms with Crippen molar-refractivity contribution in [3.8, 4) is 23.0 Å². The van der Waals surface area contributed by atoms with Gasteiger partial charge in [-0.25, -0.2) is 0 Å². The minimum Gasteiger partial charge on any atom is -0.486 e. The van der Waals surface area contributed by atoms with Gasteiger partial charge in [0.2, 0.25) is 17.3 Å². The van der Waals surface area contributed by atoms with Crippen molar-refractivity contribution in [3.05, 3.63) is 53.3 Å². The van der Waals surface area contributed by atoms with Gasteiger partial charge in [0, 0.05) is 0 Å². The molecule has 0 spiro atoms. The minimum absolute atomic E-state index is 0.0187. The highest BCUT2D eigenvalue weighted by Gasteiger charge is 2.35. The zero-order valence-electron chi connectivity index (χ0n) is 31.1. The molecule has 0 bridgehead atoms. The third kappa shape index (κ3) is 10.0. The van der Waals surface area contributed by atoms with Crippen LogP contribution < -0.4 is 18.9 Å². The third-order valence-electron chi connectivity index (χ3n) is 11.9. The zero-order valence-corrected chi connectivity index (χ0v) is 31.1. The Kier molecular flexibility index (Phi) is 13.2. The number of rotatable bonds is 13. The normalized spacial score (nSPS) is 22.3. The van der Waals surface area contributed by atoms with Crippen LogP contribution in [0.25, 0.3) is 6.08 Å². The molecule has 0 unspecified atom stereocenters. The van der Waals surface area contributed by atoms with Gasteiger partial charge in [-0.15, -0.1) is 0 Å². The SMILES string of the molecule is O=C(C(=Cc1ccccc1)OC1CCCCC1)c1cc(OC2CCCCC2)c(OC2CCCCC2)c(OC2CCCCC2)c1OC1CCCCC1. The monoisotopic (exact) mass is 698 g/mol. The first-order valence-electron chi connectivity index (χ1n) is 21.1. The lowest BCUT2D eigenvalue weighted by Crippen LogP contribution is -2.27. The quantitative estimate of drug-likeness (QED) is 0.118. The molecule has 5 saturated carbocycles. The molecule has 7 rings (SSSR count). The molecule has 5 aliphatic carbocycles. The van der Waals surface area contributed by atoms with E-state index in [2.05, 4.69) is 0 Å². The van der Waals surface area contributed by atoms with Gasteiger partial charge in [-0.3, -0.25) is 4.79 Å². The van der Waals surface area contributed by atoms with Crippen molar-refractivity contribution in [3.63, 3.8) is 0 Å². The topological polar surface area (TPSA) is 63.2 Å². The van der Waals surface area contributed by atoms with Gasteiger partial charge in [0.1, 0.15) is 0 Å². The number of hydrogen-bond acceptors (Lipinski definition) is 6. The van der Waals surface area contributed by atoms with E-state index < -0.39 is 0 Å². The molecule has 51 heavy (non-hydrogen) atoms. The summed E-state index contributed by atoms with van der Waals surface area (Å²) >= 11 is 0. The summed E-state index contributed by atoms with van der Waals surface area (Å²) in [6.07, 6.45) is 29.7. The summed E-state index contributed by atoms with van der Waals surface area (Å²) in [5.41, 5.74) is 1.42. The summed E-state index contributed by atoms with van der Waals surface area (Å²) in [4.78, 5) is 15.3. The van der Waals surface area contributed by atoms with E-state index in [4.69, 9.17) is 23.7 Å². The third-order valence-corrected chi connectivity index (χ3v) is 11.9. The van der Waals surface area contributed by atoms with Crippen molar-refractivity contribution < 1.29 is 28.5 Å². The number of Topliss-reactive ketones (excluding diaryl/α,β-unsaturated/α-hetero) is 1. The Morgan fingerprint density at radius 3 is 1.37 bits per heavy atom. The molecule has 0 amide bonds. The van der Waals surface area contributed by atoms with E-state index in [1.807, 2.05) is 42.5 Å². The molecule has 0 saturated heterocycles. The summed E-state index contributed by atoms with van der Waals surface area (Å²) in [6, 6.07) is 12.0. The number of hydrogen-bond donors (Lipinski definition) is 0. The number of ketones is 1. The highest BCUT2D eigenvalue weighted by atomic mass is 16.6. The Hall–Kier alpha value is -3.15. The van der Waals surface area contributed by atoms with Gasteiger partial charge in [0.15, 0.2) is 17.3 Å². The average molecular weight is 699 g/mol. The largest absolute Gasteiger partial charge is 0.486 e. The maximum absolute atomic E-state index is 15.3. The maximum atomic E-state index is 15.3. The highest BCUT2D eigenvalue weighted by Crippen LogP contribution is 2.51. The average Bonchev–Trinajstić information content (AvgIpc) is 3.19. The summed E-state index contributed by atoms with van der Waals surface area (Å²) < 4.78 is 35.0. The van der Waals surface area contributed by atoms with Crippen molar-refractivity contribution in [2.24, 2.45) is 0 Å². The van der Waals surface area contributed by atoms with Gasteiger partial charge in [0.05, 0.1) is 36.1 Å². The van der Waals surface area contributed by atoms with Crippen LogP contribution in [0.4, 0.5) is 0 Å². The zero-order chi connectivity index (χ0) is 34.7. The fraction of sp³-hybridized carbons (Fsp3) is 0.667. The van der Waals surface area contributed by atoms with E-state index >= 15 is 4.79 Å². The molecule has 0 aliphatic heterocycles. The maximum Gasteiger partial charge on any atom is 0.231 e. The highest BCUT2D eigenvalue weighted by molar-refractivity contribution is 6.12. The van der Waals surface area contributed by atoms with Crippen LogP contribution in [0.3, 0.4) is 0 Å². The van der Waals surface area contributed by atoms with E-state index in [-0.39, 0.29) is 36.3 Å². The molecular formula is C45H62O6. The molecule has 0 radical (unpaired) electrons.